The summed E-state index contributed by atoms with van der Waals surface area (Å²) < 4.78 is 0. The van der Waals surface area contributed by atoms with Crippen LogP contribution in [0.25, 0.3) is 0 Å². The highest BCUT2D eigenvalue weighted by Crippen LogP contribution is 2.39. The van der Waals surface area contributed by atoms with Gasteiger partial charge >= 0.3 is 5.97 Å². The van der Waals surface area contributed by atoms with Gasteiger partial charge in [-0.25, -0.2) is 0 Å². The lowest BCUT2D eigenvalue weighted by atomic mass is 9.93. The second-order valence-corrected chi connectivity index (χ2v) is 6.40. The maximum Gasteiger partial charge on any atom is 0.307 e. The van der Waals surface area contributed by atoms with Crippen molar-refractivity contribution in [2.45, 2.75) is 52.0 Å². The van der Waals surface area contributed by atoms with Gasteiger partial charge in [0.2, 0.25) is 5.91 Å². The van der Waals surface area contributed by atoms with E-state index in [4.69, 9.17) is 0 Å². The van der Waals surface area contributed by atoms with Crippen molar-refractivity contribution in [2.75, 3.05) is 19.6 Å². The monoisotopic (exact) mass is 296 g/mol. The summed E-state index contributed by atoms with van der Waals surface area (Å²) in [6, 6.07) is 0.277. The molecule has 0 aromatic rings. The number of carbonyl (C=O) groups excluding carboxylic acids is 1. The van der Waals surface area contributed by atoms with E-state index in [1.165, 1.54) is 0 Å². The van der Waals surface area contributed by atoms with Gasteiger partial charge in [-0.1, -0.05) is 13.3 Å². The minimum atomic E-state index is -0.800. The van der Waals surface area contributed by atoms with Crippen molar-refractivity contribution in [3.63, 3.8) is 0 Å². The van der Waals surface area contributed by atoms with Crippen LogP contribution in [0.15, 0.2) is 0 Å². The Morgan fingerprint density at radius 3 is 2.29 bits per heavy atom. The maximum absolute atomic E-state index is 12.9. The second kappa shape index (κ2) is 7.25. The fraction of sp³-hybridized carbons (Fsp3) is 0.875. The number of hydrogen-bond donors (Lipinski definition) is 2. The molecule has 1 saturated heterocycles. The Labute approximate surface area is 127 Å². The molecule has 0 spiro atoms. The lowest BCUT2D eigenvalue weighted by Gasteiger charge is -2.36. The number of carboxylic acid groups (broad SMARTS) is 1. The highest BCUT2D eigenvalue weighted by atomic mass is 16.4. The minimum absolute atomic E-state index is 0.0766. The first-order valence-electron chi connectivity index (χ1n) is 8.32. The Bertz CT molecular complexity index is 380. The third-order valence-corrected chi connectivity index (χ3v) is 5.25. The molecule has 21 heavy (non-hydrogen) atoms. The standard InChI is InChI=1S/C16H28N2O3/c1-3-11-9-13(14(10-11)16(20)21)15(19)18(4-2)12-5-7-17-8-6-12/h11-14,17H,3-10H2,1-2H3,(H,20,21). The van der Waals surface area contributed by atoms with Gasteiger partial charge in [0.15, 0.2) is 0 Å². The van der Waals surface area contributed by atoms with Gasteiger partial charge < -0.3 is 15.3 Å². The number of rotatable bonds is 5. The van der Waals surface area contributed by atoms with Crippen LogP contribution in [0.2, 0.25) is 0 Å². The molecular weight excluding hydrogens is 268 g/mol. The van der Waals surface area contributed by atoms with E-state index < -0.39 is 11.9 Å². The molecule has 5 nitrogen and oxygen atoms in total. The van der Waals surface area contributed by atoms with Crippen molar-refractivity contribution in [1.29, 1.82) is 0 Å². The van der Waals surface area contributed by atoms with Crippen molar-refractivity contribution in [3.8, 4) is 0 Å². The molecule has 120 valence electrons. The van der Waals surface area contributed by atoms with Crippen molar-refractivity contribution in [2.24, 2.45) is 17.8 Å². The Morgan fingerprint density at radius 2 is 1.76 bits per heavy atom. The normalized spacial score (nSPS) is 30.3. The molecule has 1 saturated carbocycles. The zero-order chi connectivity index (χ0) is 15.4. The number of amides is 1. The average Bonchev–Trinajstić information content (AvgIpc) is 2.93. The average molecular weight is 296 g/mol. The van der Waals surface area contributed by atoms with Crippen LogP contribution in [0.1, 0.15) is 46.0 Å². The molecule has 2 N–H and O–H groups in total. The van der Waals surface area contributed by atoms with E-state index in [0.29, 0.717) is 18.9 Å². The van der Waals surface area contributed by atoms with Gasteiger partial charge in [0, 0.05) is 12.6 Å². The van der Waals surface area contributed by atoms with Gasteiger partial charge in [-0.3, -0.25) is 9.59 Å². The molecule has 0 aromatic carbocycles. The zero-order valence-corrected chi connectivity index (χ0v) is 13.2. The second-order valence-electron chi connectivity index (χ2n) is 6.40. The van der Waals surface area contributed by atoms with Crippen LogP contribution >= 0.6 is 0 Å². The fourth-order valence-corrected chi connectivity index (χ4v) is 3.95. The van der Waals surface area contributed by atoms with Crippen molar-refractivity contribution >= 4 is 11.9 Å². The summed E-state index contributed by atoms with van der Waals surface area (Å²) in [6.07, 6.45) is 4.31. The predicted octanol–water partition coefficient (Wildman–Crippen LogP) is 1.72. The summed E-state index contributed by atoms with van der Waals surface area (Å²) in [5.41, 5.74) is 0. The van der Waals surface area contributed by atoms with Gasteiger partial charge in [-0.15, -0.1) is 0 Å². The molecule has 0 radical (unpaired) electrons. The molecule has 0 bridgehead atoms. The van der Waals surface area contributed by atoms with E-state index >= 15 is 0 Å². The van der Waals surface area contributed by atoms with Gasteiger partial charge in [-0.05, 0) is 51.6 Å². The van der Waals surface area contributed by atoms with Gasteiger partial charge in [0.05, 0.1) is 11.8 Å². The van der Waals surface area contributed by atoms with E-state index in [1.807, 2.05) is 11.8 Å². The van der Waals surface area contributed by atoms with Crippen molar-refractivity contribution < 1.29 is 14.7 Å². The minimum Gasteiger partial charge on any atom is -0.481 e. The maximum atomic E-state index is 12.9. The summed E-state index contributed by atoms with van der Waals surface area (Å²) in [4.78, 5) is 26.3. The third-order valence-electron chi connectivity index (χ3n) is 5.25. The molecule has 1 aliphatic carbocycles. The first kappa shape index (κ1) is 16.3. The summed E-state index contributed by atoms with van der Waals surface area (Å²) in [5, 5.41) is 12.7. The summed E-state index contributed by atoms with van der Waals surface area (Å²) in [5.74, 6) is -1.15. The number of carboxylic acids is 1. The Hall–Kier alpha value is -1.10. The van der Waals surface area contributed by atoms with Crippen LogP contribution in [0.5, 0.6) is 0 Å². The largest absolute Gasteiger partial charge is 0.481 e. The summed E-state index contributed by atoms with van der Waals surface area (Å²) in [6.45, 7) is 6.66. The highest BCUT2D eigenvalue weighted by Gasteiger charge is 2.44. The molecule has 1 aliphatic heterocycles. The fourth-order valence-electron chi connectivity index (χ4n) is 3.95. The molecular formula is C16H28N2O3. The first-order valence-corrected chi connectivity index (χ1v) is 8.32. The molecule has 2 aliphatic rings. The van der Waals surface area contributed by atoms with E-state index in [2.05, 4.69) is 12.2 Å². The van der Waals surface area contributed by atoms with Crippen LogP contribution in [0, 0.1) is 17.8 Å². The first-order chi connectivity index (χ1) is 10.1. The molecule has 1 heterocycles. The smallest absolute Gasteiger partial charge is 0.307 e. The number of aliphatic carboxylic acids is 1. The Morgan fingerprint density at radius 1 is 1.14 bits per heavy atom. The summed E-state index contributed by atoms with van der Waals surface area (Å²) >= 11 is 0. The van der Waals surface area contributed by atoms with Crippen molar-refractivity contribution in [3.05, 3.63) is 0 Å². The van der Waals surface area contributed by atoms with Gasteiger partial charge in [0.25, 0.3) is 0 Å². The number of piperidine rings is 1. The molecule has 3 atom stereocenters. The lowest BCUT2D eigenvalue weighted by Crippen LogP contribution is -2.49. The number of hydrogen-bond acceptors (Lipinski definition) is 3. The predicted molar refractivity (Wildman–Crippen MR) is 80.9 cm³/mol. The van der Waals surface area contributed by atoms with Gasteiger partial charge in [-0.2, -0.15) is 0 Å². The van der Waals surface area contributed by atoms with Crippen LogP contribution in [0.4, 0.5) is 0 Å². The van der Waals surface area contributed by atoms with E-state index in [1.54, 1.807) is 0 Å². The Balaban J connectivity index is 2.09. The highest BCUT2D eigenvalue weighted by molar-refractivity contribution is 5.85. The zero-order valence-electron chi connectivity index (χ0n) is 13.2. The molecule has 0 aromatic heterocycles. The SMILES string of the molecule is CCC1CC(C(=O)O)C(C(=O)N(CC)C2CCNCC2)C1. The summed E-state index contributed by atoms with van der Waals surface area (Å²) in [7, 11) is 0. The van der Waals surface area contributed by atoms with Crippen molar-refractivity contribution in [1.82, 2.24) is 10.2 Å². The molecule has 3 unspecified atom stereocenters. The number of carbonyl (C=O) groups is 2. The number of nitrogens with one attached hydrogen (secondary N) is 1. The Kier molecular flexibility index (Phi) is 5.62. The third kappa shape index (κ3) is 3.57. The van der Waals surface area contributed by atoms with Crippen LogP contribution in [-0.4, -0.2) is 47.6 Å². The van der Waals surface area contributed by atoms with E-state index in [9.17, 15) is 14.7 Å². The van der Waals surface area contributed by atoms with E-state index in [-0.39, 0.29) is 17.9 Å². The quantitative estimate of drug-likeness (QED) is 0.810. The van der Waals surface area contributed by atoms with Crippen LogP contribution in [0.3, 0.4) is 0 Å². The molecule has 2 rings (SSSR count). The molecule has 2 fully saturated rings. The topological polar surface area (TPSA) is 69.6 Å². The van der Waals surface area contributed by atoms with Crippen LogP contribution < -0.4 is 5.32 Å². The lowest BCUT2D eigenvalue weighted by molar-refractivity contribution is -0.150. The van der Waals surface area contributed by atoms with E-state index in [0.717, 1.165) is 38.8 Å². The molecule has 5 heteroatoms. The van der Waals surface area contributed by atoms with Gasteiger partial charge in [0.1, 0.15) is 0 Å². The molecule has 1 amide bonds. The number of nitrogens with zero attached hydrogens (tertiary/aromatic N) is 1. The van der Waals surface area contributed by atoms with Crippen LogP contribution in [-0.2, 0) is 9.59 Å².